The Morgan fingerprint density at radius 1 is 1.24 bits per heavy atom. The molecule has 1 aliphatic rings. The number of carbonyl (C=O) groups is 1. The number of nitrogens with one attached hydrogen (secondary N) is 1. The van der Waals surface area contributed by atoms with Crippen LogP contribution in [0.15, 0.2) is 42.6 Å². The highest BCUT2D eigenvalue weighted by Crippen LogP contribution is 2.32. The first kappa shape index (κ1) is 16.2. The zero-order valence-electron chi connectivity index (χ0n) is 14.1. The lowest BCUT2D eigenvalue weighted by Crippen LogP contribution is -2.21. The molecule has 2 aromatic heterocycles. The number of halogens is 1. The topological polar surface area (TPSA) is 46.4 Å². The van der Waals surface area contributed by atoms with E-state index in [9.17, 15) is 4.79 Å². The van der Waals surface area contributed by atoms with Crippen molar-refractivity contribution in [2.75, 3.05) is 5.32 Å². The van der Waals surface area contributed by atoms with Crippen LogP contribution in [0.4, 0.5) is 5.82 Å². The van der Waals surface area contributed by atoms with E-state index in [2.05, 4.69) is 5.32 Å². The van der Waals surface area contributed by atoms with Crippen molar-refractivity contribution in [3.05, 3.63) is 53.2 Å². The molecule has 0 bridgehead atoms. The molecular formula is C20H20ClN3O. The minimum Gasteiger partial charge on any atom is -0.310 e. The van der Waals surface area contributed by atoms with Gasteiger partial charge in [-0.3, -0.25) is 9.20 Å². The summed E-state index contributed by atoms with van der Waals surface area (Å²) >= 11 is 6.16. The van der Waals surface area contributed by atoms with Crippen molar-refractivity contribution in [1.29, 1.82) is 0 Å². The SMILES string of the molecule is Cc1ccn2c(NC(=O)C3CCCC3)c(-c3cccc(Cl)c3)nc2c1. The second-order valence-electron chi connectivity index (χ2n) is 6.72. The summed E-state index contributed by atoms with van der Waals surface area (Å²) in [4.78, 5) is 17.4. The molecule has 4 nitrogen and oxygen atoms in total. The van der Waals surface area contributed by atoms with Crippen LogP contribution in [0.25, 0.3) is 16.9 Å². The molecule has 1 aromatic carbocycles. The Morgan fingerprint density at radius 2 is 2.04 bits per heavy atom. The van der Waals surface area contributed by atoms with Gasteiger partial charge in [0.15, 0.2) is 0 Å². The fourth-order valence-corrected chi connectivity index (χ4v) is 3.70. The maximum Gasteiger partial charge on any atom is 0.228 e. The Morgan fingerprint density at radius 3 is 2.80 bits per heavy atom. The molecule has 1 amide bonds. The van der Waals surface area contributed by atoms with E-state index in [0.29, 0.717) is 10.8 Å². The summed E-state index contributed by atoms with van der Waals surface area (Å²) in [6.45, 7) is 2.03. The van der Waals surface area contributed by atoms with Crippen molar-refractivity contribution < 1.29 is 4.79 Å². The third-order valence-electron chi connectivity index (χ3n) is 4.85. The molecule has 0 spiro atoms. The molecule has 1 saturated carbocycles. The van der Waals surface area contributed by atoms with E-state index in [1.807, 2.05) is 53.9 Å². The number of pyridine rings is 1. The summed E-state index contributed by atoms with van der Waals surface area (Å²) in [5.41, 5.74) is 3.59. The fraction of sp³-hybridized carbons (Fsp3) is 0.300. The molecule has 5 heteroatoms. The summed E-state index contributed by atoms with van der Waals surface area (Å²) in [6.07, 6.45) is 6.15. The van der Waals surface area contributed by atoms with Crippen LogP contribution in [-0.4, -0.2) is 15.3 Å². The Bertz CT molecular complexity index is 941. The first-order chi connectivity index (χ1) is 12.1. The molecule has 1 aliphatic carbocycles. The van der Waals surface area contributed by atoms with E-state index in [-0.39, 0.29) is 11.8 Å². The van der Waals surface area contributed by atoms with Crippen LogP contribution in [0.5, 0.6) is 0 Å². The second-order valence-corrected chi connectivity index (χ2v) is 7.16. The molecule has 1 fully saturated rings. The van der Waals surface area contributed by atoms with Crippen LogP contribution in [0, 0.1) is 12.8 Å². The zero-order valence-corrected chi connectivity index (χ0v) is 14.9. The van der Waals surface area contributed by atoms with E-state index in [1.165, 1.54) is 0 Å². The van der Waals surface area contributed by atoms with Gasteiger partial charge in [0.25, 0.3) is 0 Å². The number of fused-ring (bicyclic) bond motifs is 1. The number of hydrogen-bond acceptors (Lipinski definition) is 2. The summed E-state index contributed by atoms with van der Waals surface area (Å²) in [7, 11) is 0. The second kappa shape index (κ2) is 6.52. The third-order valence-corrected chi connectivity index (χ3v) is 5.08. The smallest absolute Gasteiger partial charge is 0.228 e. The maximum absolute atomic E-state index is 12.7. The molecule has 0 aliphatic heterocycles. The fourth-order valence-electron chi connectivity index (χ4n) is 3.51. The highest BCUT2D eigenvalue weighted by molar-refractivity contribution is 6.30. The van der Waals surface area contributed by atoms with Gasteiger partial charge in [-0.25, -0.2) is 4.98 Å². The number of hydrogen-bond donors (Lipinski definition) is 1. The minimum atomic E-state index is 0.0863. The van der Waals surface area contributed by atoms with Gasteiger partial charge in [0.2, 0.25) is 5.91 Å². The molecule has 1 N–H and O–H groups in total. The lowest BCUT2D eigenvalue weighted by atomic mass is 10.1. The van der Waals surface area contributed by atoms with E-state index in [1.54, 1.807) is 0 Å². The molecule has 4 rings (SSSR count). The predicted molar refractivity (Wildman–Crippen MR) is 101 cm³/mol. The zero-order chi connectivity index (χ0) is 17.4. The van der Waals surface area contributed by atoms with Gasteiger partial charge >= 0.3 is 0 Å². The lowest BCUT2D eigenvalue weighted by Gasteiger charge is -2.12. The summed E-state index contributed by atoms with van der Waals surface area (Å²) in [5.74, 6) is 0.903. The first-order valence-electron chi connectivity index (χ1n) is 8.67. The van der Waals surface area contributed by atoms with Crippen LogP contribution in [0.2, 0.25) is 5.02 Å². The first-order valence-corrected chi connectivity index (χ1v) is 9.05. The number of imidazole rings is 1. The van der Waals surface area contributed by atoms with E-state index >= 15 is 0 Å². The highest BCUT2D eigenvalue weighted by Gasteiger charge is 2.25. The quantitative estimate of drug-likeness (QED) is 0.712. The van der Waals surface area contributed by atoms with Crippen LogP contribution in [0.1, 0.15) is 31.2 Å². The number of aryl methyl sites for hydroxylation is 1. The van der Waals surface area contributed by atoms with E-state index in [0.717, 1.165) is 48.2 Å². The summed E-state index contributed by atoms with van der Waals surface area (Å²) in [5, 5.41) is 3.78. The standard InChI is InChI=1S/C20H20ClN3O/c1-13-9-10-24-17(11-13)22-18(15-7-4-8-16(21)12-15)19(24)23-20(25)14-5-2-3-6-14/h4,7-12,14H,2-3,5-6H2,1H3,(H,23,25). The Kier molecular flexibility index (Phi) is 4.22. The van der Waals surface area contributed by atoms with Gasteiger partial charge in [-0.2, -0.15) is 0 Å². The molecule has 3 aromatic rings. The van der Waals surface area contributed by atoms with Crippen molar-refractivity contribution in [3.63, 3.8) is 0 Å². The summed E-state index contributed by atoms with van der Waals surface area (Å²) < 4.78 is 1.94. The average Bonchev–Trinajstić information content (AvgIpc) is 3.23. The van der Waals surface area contributed by atoms with Gasteiger partial charge in [0.1, 0.15) is 17.2 Å². The Balaban J connectivity index is 1.81. The van der Waals surface area contributed by atoms with E-state index in [4.69, 9.17) is 16.6 Å². The monoisotopic (exact) mass is 353 g/mol. The molecule has 0 unspecified atom stereocenters. The van der Waals surface area contributed by atoms with Gasteiger partial charge in [0.05, 0.1) is 0 Å². The van der Waals surface area contributed by atoms with E-state index < -0.39 is 0 Å². The van der Waals surface area contributed by atoms with Gasteiger partial charge < -0.3 is 5.32 Å². The average molecular weight is 354 g/mol. The lowest BCUT2D eigenvalue weighted by molar-refractivity contribution is -0.119. The molecule has 128 valence electrons. The number of aromatic nitrogens is 2. The number of carbonyl (C=O) groups excluding carboxylic acids is 1. The number of anilines is 1. The van der Waals surface area contributed by atoms with Gasteiger partial charge in [-0.15, -0.1) is 0 Å². The van der Waals surface area contributed by atoms with Crippen LogP contribution in [0.3, 0.4) is 0 Å². The molecule has 2 heterocycles. The normalized spacial score (nSPS) is 15.0. The van der Waals surface area contributed by atoms with Crippen molar-refractivity contribution in [2.45, 2.75) is 32.6 Å². The number of rotatable bonds is 3. The number of nitrogens with zero attached hydrogens (tertiary/aromatic N) is 2. The minimum absolute atomic E-state index is 0.0863. The van der Waals surface area contributed by atoms with Crippen LogP contribution < -0.4 is 5.32 Å². The molecule has 0 atom stereocenters. The van der Waals surface area contributed by atoms with Crippen molar-refractivity contribution in [1.82, 2.24) is 9.38 Å². The van der Waals surface area contributed by atoms with Crippen molar-refractivity contribution >= 4 is 29.0 Å². The number of amides is 1. The van der Waals surface area contributed by atoms with Gasteiger partial charge in [0, 0.05) is 22.7 Å². The maximum atomic E-state index is 12.7. The molecule has 0 radical (unpaired) electrons. The Hall–Kier alpha value is -2.33. The van der Waals surface area contributed by atoms with Crippen molar-refractivity contribution in [2.24, 2.45) is 5.92 Å². The molecule has 25 heavy (non-hydrogen) atoms. The highest BCUT2D eigenvalue weighted by atomic mass is 35.5. The van der Waals surface area contributed by atoms with Gasteiger partial charge in [-0.05, 0) is 49.6 Å². The largest absolute Gasteiger partial charge is 0.310 e. The van der Waals surface area contributed by atoms with Gasteiger partial charge in [-0.1, -0.05) is 36.6 Å². The van der Waals surface area contributed by atoms with Crippen LogP contribution in [-0.2, 0) is 4.79 Å². The molecular weight excluding hydrogens is 334 g/mol. The predicted octanol–water partition coefficient (Wildman–Crippen LogP) is 5.09. The number of benzene rings is 1. The summed E-state index contributed by atoms with van der Waals surface area (Å²) in [6, 6.07) is 11.6. The third kappa shape index (κ3) is 3.14. The van der Waals surface area contributed by atoms with Crippen molar-refractivity contribution in [3.8, 4) is 11.3 Å². The Labute approximate surface area is 151 Å². The van der Waals surface area contributed by atoms with Crippen LogP contribution >= 0.6 is 11.6 Å². The molecule has 0 saturated heterocycles.